The van der Waals surface area contributed by atoms with Crippen molar-refractivity contribution in [2.45, 2.75) is 57.7 Å². The minimum atomic E-state index is 0.645. The van der Waals surface area contributed by atoms with Crippen LogP contribution in [0.2, 0.25) is 0 Å². The molecule has 5 aliphatic rings. The van der Waals surface area contributed by atoms with E-state index in [1.54, 1.807) is 0 Å². The van der Waals surface area contributed by atoms with E-state index >= 15 is 0 Å². The third kappa shape index (κ3) is 0.680. The van der Waals surface area contributed by atoms with Crippen LogP contribution in [0, 0.1) is 23.2 Å². The Kier molecular flexibility index (Phi) is 1.38. The van der Waals surface area contributed by atoms with E-state index in [-0.39, 0.29) is 0 Å². The molecule has 5 rings (SSSR count). The van der Waals surface area contributed by atoms with Gasteiger partial charge in [-0.1, -0.05) is 13.3 Å². The Labute approximate surface area is 86.2 Å². The molecule has 6 atom stereocenters. The Balaban J connectivity index is 1.83. The molecule has 2 heterocycles. The van der Waals surface area contributed by atoms with Crippen LogP contribution in [0.4, 0.5) is 0 Å². The van der Waals surface area contributed by atoms with Gasteiger partial charge in [-0.25, -0.2) is 0 Å². The fourth-order valence-corrected chi connectivity index (χ4v) is 5.46. The molecule has 0 spiro atoms. The molecule has 1 nitrogen and oxygen atoms in total. The summed E-state index contributed by atoms with van der Waals surface area (Å²) < 4.78 is 6.31. The molecule has 6 bridgehead atoms. The molecule has 3 saturated carbocycles. The fourth-order valence-electron chi connectivity index (χ4n) is 5.46. The second-order valence-electron chi connectivity index (χ2n) is 6.08. The molecule has 0 amide bonds. The summed E-state index contributed by atoms with van der Waals surface area (Å²) >= 11 is 0. The zero-order valence-corrected chi connectivity index (χ0v) is 9.04. The Morgan fingerprint density at radius 1 is 1.36 bits per heavy atom. The molecule has 78 valence electrons. The molecule has 0 aromatic rings. The summed E-state index contributed by atoms with van der Waals surface area (Å²) in [5.41, 5.74) is 0.645. The summed E-state index contributed by atoms with van der Waals surface area (Å²) in [6.45, 7) is 2.40. The lowest BCUT2D eigenvalue weighted by atomic mass is 9.58. The van der Waals surface area contributed by atoms with E-state index < -0.39 is 0 Å². The summed E-state index contributed by atoms with van der Waals surface area (Å²) in [5, 5.41) is 0. The van der Waals surface area contributed by atoms with E-state index in [1.807, 2.05) is 0 Å². The van der Waals surface area contributed by atoms with Crippen molar-refractivity contribution >= 4 is 0 Å². The quantitative estimate of drug-likeness (QED) is 0.620. The second-order valence-corrected chi connectivity index (χ2v) is 6.08. The highest BCUT2D eigenvalue weighted by Gasteiger charge is 2.67. The lowest BCUT2D eigenvalue weighted by Crippen LogP contribution is -2.45. The summed E-state index contributed by atoms with van der Waals surface area (Å²) in [6, 6.07) is 0. The Morgan fingerprint density at radius 2 is 2.29 bits per heavy atom. The van der Waals surface area contributed by atoms with E-state index in [0.717, 1.165) is 17.8 Å². The van der Waals surface area contributed by atoms with Gasteiger partial charge >= 0.3 is 0 Å². The molecule has 2 aliphatic heterocycles. The van der Waals surface area contributed by atoms with E-state index in [2.05, 4.69) is 6.92 Å². The molecule has 2 saturated heterocycles. The first-order valence-electron chi connectivity index (χ1n) is 6.50. The second kappa shape index (κ2) is 2.37. The van der Waals surface area contributed by atoms with Gasteiger partial charge in [-0.3, -0.25) is 0 Å². The highest BCUT2D eigenvalue weighted by Crippen LogP contribution is 2.68. The molecule has 3 aliphatic carbocycles. The zero-order valence-electron chi connectivity index (χ0n) is 9.04. The van der Waals surface area contributed by atoms with Crippen molar-refractivity contribution in [3.63, 3.8) is 0 Å². The van der Waals surface area contributed by atoms with Crippen molar-refractivity contribution in [3.8, 4) is 0 Å². The van der Waals surface area contributed by atoms with Crippen LogP contribution in [0.25, 0.3) is 0 Å². The Bertz CT molecular complexity index is 274. The van der Waals surface area contributed by atoms with Gasteiger partial charge in [0.05, 0.1) is 12.2 Å². The minimum Gasteiger partial charge on any atom is -0.374 e. The molecule has 1 heteroatoms. The number of rotatable bonds is 1. The molecule has 0 aromatic carbocycles. The van der Waals surface area contributed by atoms with Gasteiger partial charge in [0.1, 0.15) is 0 Å². The fraction of sp³-hybridized carbons (Fsp3) is 1.00. The van der Waals surface area contributed by atoms with Gasteiger partial charge in [0.2, 0.25) is 0 Å². The summed E-state index contributed by atoms with van der Waals surface area (Å²) in [6.07, 6.45) is 10.1. The third-order valence-corrected chi connectivity index (χ3v) is 6.00. The smallest absolute Gasteiger partial charge is 0.0644 e. The first-order valence-corrected chi connectivity index (χ1v) is 6.50. The SMILES string of the molecule is CCC12CC3CC1OC1C3CCCC12. The molecule has 0 N–H and O–H groups in total. The maximum Gasteiger partial charge on any atom is 0.0644 e. The van der Waals surface area contributed by atoms with Crippen molar-refractivity contribution < 1.29 is 4.74 Å². The summed E-state index contributed by atoms with van der Waals surface area (Å²) in [5.74, 6) is 2.97. The van der Waals surface area contributed by atoms with Crippen LogP contribution in [-0.4, -0.2) is 12.2 Å². The average Bonchev–Trinajstić information content (AvgIpc) is 2.64. The van der Waals surface area contributed by atoms with Gasteiger partial charge in [0.25, 0.3) is 0 Å². The van der Waals surface area contributed by atoms with Crippen LogP contribution in [0.5, 0.6) is 0 Å². The van der Waals surface area contributed by atoms with E-state index in [9.17, 15) is 0 Å². The van der Waals surface area contributed by atoms with Crippen LogP contribution in [-0.2, 0) is 4.74 Å². The van der Waals surface area contributed by atoms with Crippen LogP contribution in [0.15, 0.2) is 0 Å². The maximum atomic E-state index is 6.31. The standard InChI is InChI=1S/C13H20O/c1-2-13-7-8-6-11(13)14-12-9(8)4-3-5-10(12)13/h8-12H,2-7H2,1H3. The number of ether oxygens (including phenoxy) is 1. The zero-order chi connectivity index (χ0) is 9.34. The topological polar surface area (TPSA) is 9.23 Å². The van der Waals surface area contributed by atoms with Crippen molar-refractivity contribution in [2.24, 2.45) is 23.2 Å². The largest absolute Gasteiger partial charge is 0.374 e. The highest BCUT2D eigenvalue weighted by molar-refractivity contribution is 5.15. The Hall–Kier alpha value is -0.0400. The predicted octanol–water partition coefficient (Wildman–Crippen LogP) is 2.99. The number of hydrogen-bond acceptors (Lipinski definition) is 1. The molecule has 0 aromatic heterocycles. The summed E-state index contributed by atoms with van der Waals surface area (Å²) in [7, 11) is 0. The van der Waals surface area contributed by atoms with Crippen molar-refractivity contribution in [1.82, 2.24) is 0 Å². The van der Waals surface area contributed by atoms with E-state index in [0.29, 0.717) is 17.6 Å². The maximum absolute atomic E-state index is 6.31. The summed E-state index contributed by atoms with van der Waals surface area (Å²) in [4.78, 5) is 0. The van der Waals surface area contributed by atoms with Crippen LogP contribution in [0.1, 0.15) is 45.4 Å². The molecule has 5 fully saturated rings. The normalized spacial score (nSPS) is 63.6. The van der Waals surface area contributed by atoms with Crippen LogP contribution >= 0.6 is 0 Å². The lowest BCUT2D eigenvalue weighted by Gasteiger charge is -2.47. The van der Waals surface area contributed by atoms with Gasteiger partial charge in [-0.05, 0) is 49.9 Å². The molecule has 14 heavy (non-hydrogen) atoms. The van der Waals surface area contributed by atoms with Crippen molar-refractivity contribution in [3.05, 3.63) is 0 Å². The molecule has 6 unspecified atom stereocenters. The van der Waals surface area contributed by atoms with E-state index in [1.165, 1.54) is 38.5 Å². The van der Waals surface area contributed by atoms with Crippen molar-refractivity contribution in [1.29, 1.82) is 0 Å². The first-order chi connectivity index (χ1) is 6.85. The minimum absolute atomic E-state index is 0.645. The number of hydrogen-bond donors (Lipinski definition) is 0. The highest BCUT2D eigenvalue weighted by atomic mass is 16.5. The third-order valence-electron chi connectivity index (χ3n) is 6.00. The van der Waals surface area contributed by atoms with Gasteiger partial charge in [-0.2, -0.15) is 0 Å². The van der Waals surface area contributed by atoms with E-state index in [4.69, 9.17) is 4.74 Å². The van der Waals surface area contributed by atoms with Gasteiger partial charge in [0, 0.05) is 5.41 Å². The molecular weight excluding hydrogens is 172 g/mol. The Morgan fingerprint density at radius 3 is 3.14 bits per heavy atom. The molecule has 0 radical (unpaired) electrons. The first kappa shape index (κ1) is 8.15. The van der Waals surface area contributed by atoms with Crippen molar-refractivity contribution in [2.75, 3.05) is 0 Å². The lowest BCUT2D eigenvalue weighted by molar-refractivity contribution is -0.0785. The van der Waals surface area contributed by atoms with Gasteiger partial charge in [-0.15, -0.1) is 0 Å². The van der Waals surface area contributed by atoms with Gasteiger partial charge in [0.15, 0.2) is 0 Å². The van der Waals surface area contributed by atoms with Crippen LogP contribution < -0.4 is 0 Å². The molecular formula is C13H20O. The average molecular weight is 192 g/mol. The monoisotopic (exact) mass is 192 g/mol. The predicted molar refractivity (Wildman–Crippen MR) is 54.9 cm³/mol. The van der Waals surface area contributed by atoms with Gasteiger partial charge < -0.3 is 4.74 Å². The van der Waals surface area contributed by atoms with Crippen LogP contribution in [0.3, 0.4) is 0 Å².